The summed E-state index contributed by atoms with van der Waals surface area (Å²) in [7, 11) is 0. The van der Waals surface area contributed by atoms with Crippen LogP contribution >= 0.6 is 11.6 Å². The molecule has 0 unspecified atom stereocenters. The van der Waals surface area contributed by atoms with Gasteiger partial charge in [0.1, 0.15) is 0 Å². The molecule has 0 bridgehead atoms. The fourth-order valence-electron chi connectivity index (χ4n) is 2.86. The van der Waals surface area contributed by atoms with E-state index in [0.29, 0.717) is 16.7 Å². The molecular formula is C21H17ClN4O2. The topological polar surface area (TPSA) is 76.7 Å². The summed E-state index contributed by atoms with van der Waals surface area (Å²) in [5.41, 5.74) is 4.08. The summed E-state index contributed by atoms with van der Waals surface area (Å²) < 4.78 is 6.91. The highest BCUT2D eigenvalue weighted by molar-refractivity contribution is 6.31. The van der Waals surface area contributed by atoms with E-state index < -0.39 is 0 Å². The highest BCUT2D eigenvalue weighted by Crippen LogP contribution is 2.21. The van der Waals surface area contributed by atoms with Crippen molar-refractivity contribution in [3.8, 4) is 17.1 Å². The maximum atomic E-state index is 12.0. The summed E-state index contributed by atoms with van der Waals surface area (Å²) in [5.74, 6) is 0.830. The number of imidazole rings is 1. The number of halogens is 1. The Balaban J connectivity index is 1.61. The van der Waals surface area contributed by atoms with Crippen molar-refractivity contribution < 1.29 is 4.52 Å². The lowest BCUT2D eigenvalue weighted by atomic mass is 10.1. The van der Waals surface area contributed by atoms with E-state index in [4.69, 9.17) is 16.1 Å². The third-order valence-electron chi connectivity index (χ3n) is 4.38. The van der Waals surface area contributed by atoms with Gasteiger partial charge in [0.15, 0.2) is 0 Å². The number of nitrogens with zero attached hydrogens (tertiary/aromatic N) is 3. The molecule has 2 aromatic carbocycles. The third-order valence-corrected chi connectivity index (χ3v) is 4.79. The Morgan fingerprint density at radius 3 is 2.75 bits per heavy atom. The van der Waals surface area contributed by atoms with Crippen molar-refractivity contribution in [2.45, 2.75) is 13.8 Å². The Morgan fingerprint density at radius 2 is 2.00 bits per heavy atom. The minimum Gasteiger partial charge on any atom is -0.334 e. The third kappa shape index (κ3) is 3.54. The van der Waals surface area contributed by atoms with Gasteiger partial charge in [0.05, 0.1) is 5.69 Å². The number of H-pyrrole nitrogens is 1. The Morgan fingerprint density at radius 1 is 1.14 bits per heavy atom. The van der Waals surface area contributed by atoms with Crippen molar-refractivity contribution in [2.75, 3.05) is 0 Å². The first kappa shape index (κ1) is 18.0. The first-order valence-corrected chi connectivity index (χ1v) is 9.05. The van der Waals surface area contributed by atoms with Crippen molar-refractivity contribution in [3.63, 3.8) is 0 Å². The number of hydrogen-bond donors (Lipinski definition) is 1. The minimum atomic E-state index is -0.192. The summed E-state index contributed by atoms with van der Waals surface area (Å²) in [6.07, 6.45) is 5.27. The molecule has 1 N–H and O–H groups in total. The summed E-state index contributed by atoms with van der Waals surface area (Å²) >= 11 is 6.15. The van der Waals surface area contributed by atoms with E-state index in [1.807, 2.05) is 62.4 Å². The van der Waals surface area contributed by atoms with Crippen LogP contribution in [0.2, 0.25) is 5.02 Å². The van der Waals surface area contributed by atoms with Crippen LogP contribution in [0.4, 0.5) is 0 Å². The molecule has 0 atom stereocenters. The molecule has 0 aliphatic rings. The van der Waals surface area contributed by atoms with E-state index in [0.717, 1.165) is 28.1 Å². The molecular weight excluding hydrogens is 376 g/mol. The summed E-state index contributed by atoms with van der Waals surface area (Å²) in [4.78, 5) is 19.1. The molecule has 4 aromatic rings. The number of benzene rings is 2. The molecule has 28 heavy (non-hydrogen) atoms. The van der Waals surface area contributed by atoms with Crippen LogP contribution in [-0.2, 0) is 0 Å². The van der Waals surface area contributed by atoms with Gasteiger partial charge in [-0.2, -0.15) is 4.98 Å². The molecule has 2 heterocycles. The summed E-state index contributed by atoms with van der Waals surface area (Å²) in [6, 6.07) is 13.2. The largest absolute Gasteiger partial charge is 0.334 e. The molecule has 4 rings (SSSR count). The van der Waals surface area contributed by atoms with Crippen molar-refractivity contribution >= 4 is 23.8 Å². The number of aromatic nitrogens is 4. The molecule has 0 fully saturated rings. The summed E-state index contributed by atoms with van der Waals surface area (Å²) in [5, 5.41) is 4.75. The van der Waals surface area contributed by atoms with Gasteiger partial charge in [0.2, 0.25) is 5.82 Å². The second kappa shape index (κ2) is 7.32. The maximum absolute atomic E-state index is 12.0. The van der Waals surface area contributed by atoms with Gasteiger partial charge in [-0.3, -0.25) is 4.57 Å². The van der Waals surface area contributed by atoms with Crippen molar-refractivity contribution in [3.05, 3.63) is 86.9 Å². The van der Waals surface area contributed by atoms with E-state index >= 15 is 0 Å². The number of aryl methyl sites for hydroxylation is 2. The van der Waals surface area contributed by atoms with Crippen LogP contribution in [0.3, 0.4) is 0 Å². The van der Waals surface area contributed by atoms with Crippen LogP contribution in [0.1, 0.15) is 22.7 Å². The lowest BCUT2D eigenvalue weighted by Crippen LogP contribution is -2.15. The minimum absolute atomic E-state index is 0.192. The first-order chi connectivity index (χ1) is 13.5. The van der Waals surface area contributed by atoms with Gasteiger partial charge >= 0.3 is 5.69 Å². The van der Waals surface area contributed by atoms with E-state index in [-0.39, 0.29) is 5.69 Å². The quantitative estimate of drug-likeness (QED) is 0.548. The van der Waals surface area contributed by atoms with Crippen LogP contribution in [0, 0.1) is 13.8 Å². The van der Waals surface area contributed by atoms with E-state index in [9.17, 15) is 4.79 Å². The Bertz CT molecular complexity index is 1230. The fraction of sp³-hybridized carbons (Fsp3) is 0.0952. The zero-order valence-electron chi connectivity index (χ0n) is 15.3. The zero-order chi connectivity index (χ0) is 19.7. The van der Waals surface area contributed by atoms with Gasteiger partial charge in [-0.1, -0.05) is 41.0 Å². The fourth-order valence-corrected chi connectivity index (χ4v) is 3.05. The predicted octanol–water partition coefficient (Wildman–Crippen LogP) is 4.66. The Kier molecular flexibility index (Phi) is 4.71. The lowest BCUT2D eigenvalue weighted by Gasteiger charge is -2.04. The van der Waals surface area contributed by atoms with Crippen molar-refractivity contribution in [1.29, 1.82) is 0 Å². The maximum Gasteiger partial charge on any atom is 0.330 e. The van der Waals surface area contributed by atoms with Gasteiger partial charge in [-0.15, -0.1) is 0 Å². The standard InChI is InChI=1S/C21H17ClN4O2/c1-13-6-7-15(10-18(13)22)8-9-19-24-20(25-28-19)16-4-3-5-17(11-16)26-14(2)12-23-21(26)27/h3-12H,1-2H3,(H,23,27)/b9-8+. The molecule has 0 aliphatic carbocycles. The normalized spacial score (nSPS) is 11.4. The average molecular weight is 393 g/mol. The molecule has 0 saturated carbocycles. The molecule has 0 spiro atoms. The van der Waals surface area contributed by atoms with Crippen LogP contribution in [0.15, 0.2) is 58.0 Å². The van der Waals surface area contributed by atoms with Gasteiger partial charge in [0, 0.05) is 28.6 Å². The van der Waals surface area contributed by atoms with Crippen molar-refractivity contribution in [2.24, 2.45) is 0 Å². The second-order valence-corrected chi connectivity index (χ2v) is 6.83. The van der Waals surface area contributed by atoms with Crippen LogP contribution in [-0.4, -0.2) is 19.7 Å². The number of rotatable bonds is 4. The molecule has 0 saturated heterocycles. The average Bonchev–Trinajstić information content (AvgIpc) is 3.29. The summed E-state index contributed by atoms with van der Waals surface area (Å²) in [6.45, 7) is 3.82. The van der Waals surface area contributed by atoms with Crippen LogP contribution in [0.5, 0.6) is 0 Å². The van der Waals surface area contributed by atoms with Crippen LogP contribution < -0.4 is 5.69 Å². The highest BCUT2D eigenvalue weighted by Gasteiger charge is 2.10. The van der Waals surface area contributed by atoms with Gasteiger partial charge in [0.25, 0.3) is 5.89 Å². The highest BCUT2D eigenvalue weighted by atomic mass is 35.5. The van der Waals surface area contributed by atoms with Crippen LogP contribution in [0.25, 0.3) is 29.2 Å². The van der Waals surface area contributed by atoms with Gasteiger partial charge in [-0.25, -0.2) is 4.79 Å². The Labute approximate surface area is 166 Å². The zero-order valence-corrected chi connectivity index (χ0v) is 16.1. The molecule has 7 heteroatoms. The van der Waals surface area contributed by atoms with Gasteiger partial charge < -0.3 is 9.51 Å². The molecule has 2 aromatic heterocycles. The molecule has 6 nitrogen and oxygen atoms in total. The SMILES string of the molecule is Cc1ccc(/C=C/c2nc(-c3cccc(-n4c(C)c[nH]c4=O)c3)no2)cc1Cl. The van der Waals surface area contributed by atoms with E-state index in [2.05, 4.69) is 15.1 Å². The number of nitrogens with one attached hydrogen (secondary N) is 1. The van der Waals surface area contributed by atoms with E-state index in [1.54, 1.807) is 16.8 Å². The Hall–Kier alpha value is -3.38. The smallest absolute Gasteiger partial charge is 0.330 e. The van der Waals surface area contributed by atoms with Crippen molar-refractivity contribution in [1.82, 2.24) is 19.7 Å². The monoisotopic (exact) mass is 392 g/mol. The molecule has 0 radical (unpaired) electrons. The first-order valence-electron chi connectivity index (χ1n) is 8.67. The predicted molar refractivity (Wildman–Crippen MR) is 110 cm³/mol. The molecule has 0 amide bonds. The number of aromatic amines is 1. The van der Waals surface area contributed by atoms with Gasteiger partial charge in [-0.05, 0) is 49.2 Å². The number of hydrogen-bond acceptors (Lipinski definition) is 4. The lowest BCUT2D eigenvalue weighted by molar-refractivity contribution is 0.411. The molecule has 140 valence electrons. The van der Waals surface area contributed by atoms with E-state index in [1.165, 1.54) is 0 Å². The second-order valence-electron chi connectivity index (χ2n) is 6.42. The molecule has 0 aliphatic heterocycles.